The molecule has 1 aromatic carbocycles. The number of rotatable bonds is 1. The summed E-state index contributed by atoms with van der Waals surface area (Å²) in [5.41, 5.74) is -0.241. The lowest BCUT2D eigenvalue weighted by Gasteiger charge is -2.54. The van der Waals surface area contributed by atoms with Crippen LogP contribution in [-0.4, -0.2) is 42.9 Å². The zero-order valence-corrected chi connectivity index (χ0v) is 12.7. The normalized spacial score (nSPS) is 23.0. The molecule has 3 rings (SSSR count). The smallest absolute Gasteiger partial charge is 0.258 e. The van der Waals surface area contributed by atoms with Crippen molar-refractivity contribution in [3.8, 4) is 0 Å². The van der Waals surface area contributed by atoms with Crippen LogP contribution >= 0.6 is 11.6 Å². The third kappa shape index (κ3) is 2.65. The van der Waals surface area contributed by atoms with E-state index in [9.17, 15) is 9.18 Å². The summed E-state index contributed by atoms with van der Waals surface area (Å²) < 4.78 is 25.1. The Bertz CT molecular complexity index is 552. The van der Waals surface area contributed by atoms with Crippen molar-refractivity contribution in [2.24, 2.45) is 5.41 Å². The lowest BCUT2D eigenvalue weighted by atomic mass is 9.80. The highest BCUT2D eigenvalue weighted by atomic mass is 35.5. The lowest BCUT2D eigenvalue weighted by molar-refractivity contribution is -0.301. The maximum Gasteiger partial charge on any atom is 0.258 e. The van der Waals surface area contributed by atoms with Crippen molar-refractivity contribution in [2.75, 3.05) is 26.3 Å². The van der Waals surface area contributed by atoms with Gasteiger partial charge in [-0.2, -0.15) is 0 Å². The van der Waals surface area contributed by atoms with Crippen LogP contribution in [0.25, 0.3) is 0 Å². The molecule has 2 heterocycles. The van der Waals surface area contributed by atoms with E-state index >= 15 is 0 Å². The molecule has 0 aliphatic carbocycles. The maximum atomic E-state index is 13.8. The van der Waals surface area contributed by atoms with Gasteiger partial charge >= 0.3 is 0 Å². The number of carbonyl (C=O) groups excluding carboxylic acids is 1. The largest absolute Gasteiger partial charge is 0.350 e. The Labute approximate surface area is 127 Å². The van der Waals surface area contributed by atoms with E-state index in [2.05, 4.69) is 0 Å². The summed E-state index contributed by atoms with van der Waals surface area (Å²) in [5.74, 6) is -1.55. The minimum absolute atomic E-state index is 0.0630. The Morgan fingerprint density at radius 3 is 2.48 bits per heavy atom. The first-order chi connectivity index (χ1) is 9.82. The van der Waals surface area contributed by atoms with Crippen molar-refractivity contribution >= 4 is 17.5 Å². The van der Waals surface area contributed by atoms with Crippen molar-refractivity contribution in [1.29, 1.82) is 0 Å². The van der Waals surface area contributed by atoms with Gasteiger partial charge in [-0.15, -0.1) is 0 Å². The van der Waals surface area contributed by atoms with Crippen LogP contribution in [-0.2, 0) is 9.47 Å². The summed E-state index contributed by atoms with van der Waals surface area (Å²) in [6.45, 7) is 5.78. The van der Waals surface area contributed by atoms with Gasteiger partial charge < -0.3 is 14.4 Å². The molecule has 2 aliphatic rings. The van der Waals surface area contributed by atoms with E-state index in [1.54, 1.807) is 4.90 Å². The van der Waals surface area contributed by atoms with Gasteiger partial charge in [-0.25, -0.2) is 4.39 Å². The summed E-state index contributed by atoms with van der Waals surface area (Å²) in [7, 11) is 0. The molecule has 114 valence electrons. The van der Waals surface area contributed by atoms with Crippen LogP contribution in [0.1, 0.15) is 24.2 Å². The van der Waals surface area contributed by atoms with Crippen LogP contribution in [0, 0.1) is 11.2 Å². The van der Waals surface area contributed by atoms with Crippen LogP contribution in [0.4, 0.5) is 4.39 Å². The first-order valence-electron chi connectivity index (χ1n) is 6.83. The van der Waals surface area contributed by atoms with Gasteiger partial charge in [0.05, 0.1) is 29.2 Å². The minimum atomic E-state index is -0.592. The van der Waals surface area contributed by atoms with Crippen LogP contribution < -0.4 is 0 Å². The number of likely N-dealkylation sites (tertiary alicyclic amines) is 1. The molecule has 4 nitrogen and oxygen atoms in total. The Hall–Kier alpha value is -1.17. The van der Waals surface area contributed by atoms with Crippen molar-refractivity contribution in [2.45, 2.75) is 19.6 Å². The van der Waals surface area contributed by atoms with Crippen molar-refractivity contribution < 1.29 is 18.7 Å². The third-order valence-electron chi connectivity index (χ3n) is 3.97. The second-order valence-electron chi connectivity index (χ2n) is 6.24. The molecular weight excluding hydrogens is 297 g/mol. The van der Waals surface area contributed by atoms with Gasteiger partial charge in [0.25, 0.3) is 5.91 Å². The highest BCUT2D eigenvalue weighted by molar-refractivity contribution is 6.33. The number of nitrogens with zero attached hydrogens (tertiary/aromatic N) is 1. The number of benzene rings is 1. The highest BCUT2D eigenvalue weighted by Gasteiger charge is 2.50. The molecular formula is C15H17ClFNO3. The van der Waals surface area contributed by atoms with E-state index in [1.165, 1.54) is 18.2 Å². The Kier molecular flexibility index (Phi) is 3.47. The molecule has 21 heavy (non-hydrogen) atoms. The van der Waals surface area contributed by atoms with Crippen molar-refractivity contribution in [3.05, 3.63) is 34.6 Å². The Morgan fingerprint density at radius 1 is 1.29 bits per heavy atom. The molecule has 1 amide bonds. The molecule has 6 heteroatoms. The molecule has 1 aromatic rings. The highest BCUT2D eigenvalue weighted by Crippen LogP contribution is 2.38. The quantitative estimate of drug-likeness (QED) is 0.800. The first kappa shape index (κ1) is 14.8. The molecule has 0 saturated carbocycles. The minimum Gasteiger partial charge on any atom is -0.350 e. The van der Waals surface area contributed by atoms with Crippen LogP contribution in [0.2, 0.25) is 5.02 Å². The van der Waals surface area contributed by atoms with E-state index in [1.807, 2.05) is 13.8 Å². The van der Waals surface area contributed by atoms with E-state index in [0.717, 1.165) is 0 Å². The van der Waals surface area contributed by atoms with Gasteiger partial charge in [0, 0.05) is 13.1 Å². The topological polar surface area (TPSA) is 38.8 Å². The molecule has 2 aliphatic heterocycles. The summed E-state index contributed by atoms with van der Waals surface area (Å²) in [6, 6.07) is 4.24. The zero-order chi connectivity index (χ0) is 15.3. The van der Waals surface area contributed by atoms with Crippen LogP contribution in [0.3, 0.4) is 0 Å². The molecule has 0 unspecified atom stereocenters. The number of carbonyl (C=O) groups is 1. The summed E-state index contributed by atoms with van der Waals surface area (Å²) in [5, 5.41) is 0.137. The summed E-state index contributed by atoms with van der Waals surface area (Å²) in [4.78, 5) is 13.9. The van der Waals surface area contributed by atoms with E-state index in [-0.39, 0.29) is 21.9 Å². The molecule has 1 spiro atoms. The van der Waals surface area contributed by atoms with Crippen molar-refractivity contribution in [3.63, 3.8) is 0 Å². The molecule has 0 N–H and O–H groups in total. The predicted octanol–water partition coefficient (Wildman–Crippen LogP) is 2.70. The zero-order valence-electron chi connectivity index (χ0n) is 12.0. The number of hydrogen-bond donors (Lipinski definition) is 0. The third-order valence-corrected chi connectivity index (χ3v) is 4.28. The van der Waals surface area contributed by atoms with Gasteiger partial charge in [0.2, 0.25) is 0 Å². The average molecular weight is 314 g/mol. The fourth-order valence-electron chi connectivity index (χ4n) is 2.69. The predicted molar refractivity (Wildman–Crippen MR) is 75.7 cm³/mol. The average Bonchev–Trinajstić information content (AvgIpc) is 2.36. The monoisotopic (exact) mass is 313 g/mol. The number of halogens is 2. The van der Waals surface area contributed by atoms with Gasteiger partial charge in [0.1, 0.15) is 5.82 Å². The molecule has 0 radical (unpaired) electrons. The number of ether oxygens (including phenoxy) is 2. The second-order valence-corrected chi connectivity index (χ2v) is 6.64. The van der Waals surface area contributed by atoms with Gasteiger partial charge in [-0.1, -0.05) is 17.7 Å². The SMILES string of the molecule is CC1(C)OCC2(CO1)CN(C(=O)c1c(F)cccc1Cl)C2. The first-order valence-corrected chi connectivity index (χ1v) is 7.21. The van der Waals surface area contributed by atoms with E-state index < -0.39 is 11.6 Å². The Morgan fingerprint density at radius 2 is 1.90 bits per heavy atom. The second kappa shape index (κ2) is 4.93. The summed E-state index contributed by atoms with van der Waals surface area (Å²) in [6.07, 6.45) is 0. The Balaban J connectivity index is 1.68. The fourth-order valence-corrected chi connectivity index (χ4v) is 2.93. The van der Waals surface area contributed by atoms with E-state index in [4.69, 9.17) is 21.1 Å². The molecule has 0 bridgehead atoms. The van der Waals surface area contributed by atoms with Crippen LogP contribution in [0.15, 0.2) is 18.2 Å². The van der Waals surface area contributed by atoms with Gasteiger partial charge in [-0.3, -0.25) is 4.79 Å². The lowest BCUT2D eigenvalue weighted by Crippen LogP contribution is -2.65. The standard InChI is InChI=1S/C15H17ClFNO3/c1-14(2)20-8-15(9-21-14)6-18(7-15)13(19)12-10(16)4-3-5-11(12)17/h3-5H,6-9H2,1-2H3. The van der Waals surface area contributed by atoms with Gasteiger partial charge in [-0.05, 0) is 26.0 Å². The molecule has 0 atom stereocenters. The van der Waals surface area contributed by atoms with Gasteiger partial charge in [0.15, 0.2) is 5.79 Å². The van der Waals surface area contributed by atoms with E-state index in [0.29, 0.717) is 26.3 Å². The summed E-state index contributed by atoms with van der Waals surface area (Å²) >= 11 is 5.93. The van der Waals surface area contributed by atoms with Crippen molar-refractivity contribution in [1.82, 2.24) is 4.90 Å². The molecule has 2 saturated heterocycles. The number of hydrogen-bond acceptors (Lipinski definition) is 3. The molecule has 0 aromatic heterocycles. The number of amides is 1. The fraction of sp³-hybridized carbons (Fsp3) is 0.533. The van der Waals surface area contributed by atoms with Crippen LogP contribution in [0.5, 0.6) is 0 Å². The maximum absolute atomic E-state index is 13.8. The molecule has 2 fully saturated rings.